The summed E-state index contributed by atoms with van der Waals surface area (Å²) in [6, 6.07) is 0. The van der Waals surface area contributed by atoms with E-state index in [9.17, 15) is 13.2 Å². The van der Waals surface area contributed by atoms with Crippen molar-refractivity contribution in [3.63, 3.8) is 0 Å². The molecule has 0 fully saturated rings. The Hall–Kier alpha value is -0.920. The van der Waals surface area contributed by atoms with E-state index < -0.39 is 28.1 Å². The van der Waals surface area contributed by atoms with Crippen LogP contribution in [0.3, 0.4) is 0 Å². The Morgan fingerprint density at radius 2 is 2.07 bits per heavy atom. The molecule has 0 aliphatic heterocycles. The van der Waals surface area contributed by atoms with E-state index in [1.165, 1.54) is 6.92 Å². The first kappa shape index (κ1) is 13.1. The van der Waals surface area contributed by atoms with Crippen molar-refractivity contribution in [3.8, 4) is 0 Å². The summed E-state index contributed by atoms with van der Waals surface area (Å²) in [5.74, 6) is -1.48. The van der Waals surface area contributed by atoms with Crippen LogP contribution in [-0.2, 0) is 19.6 Å². The van der Waals surface area contributed by atoms with Crippen LogP contribution < -0.4 is 0 Å². The number of aliphatic hydroxyl groups is 1. The molecule has 0 saturated heterocycles. The zero-order valence-electron chi connectivity index (χ0n) is 7.63. The predicted molar refractivity (Wildman–Crippen MR) is 47.9 cm³/mol. The van der Waals surface area contributed by atoms with Gasteiger partial charge in [0, 0.05) is 12.0 Å². The molecule has 0 saturated carbocycles. The molecule has 7 heteroatoms. The molecule has 0 radical (unpaired) electrons. The van der Waals surface area contributed by atoms with Crippen LogP contribution in [0.2, 0.25) is 0 Å². The van der Waals surface area contributed by atoms with Crippen LogP contribution in [0.4, 0.5) is 0 Å². The summed E-state index contributed by atoms with van der Waals surface area (Å²) in [7, 11) is -4.15. The number of rotatable bonds is 5. The highest BCUT2D eigenvalue weighted by Crippen LogP contribution is 2.01. The molecule has 0 bridgehead atoms. The van der Waals surface area contributed by atoms with Crippen LogP contribution in [0, 0.1) is 0 Å². The maximum absolute atomic E-state index is 10.8. The third-order valence-electron chi connectivity index (χ3n) is 1.21. The molecular formula is C7H12O6S. The van der Waals surface area contributed by atoms with Gasteiger partial charge in [-0.3, -0.25) is 4.55 Å². The summed E-state index contributed by atoms with van der Waals surface area (Å²) < 4.78 is 33.1. The number of hydrogen-bond donors (Lipinski definition) is 2. The van der Waals surface area contributed by atoms with Gasteiger partial charge < -0.3 is 9.84 Å². The van der Waals surface area contributed by atoms with Crippen LogP contribution in [-0.4, -0.2) is 36.1 Å². The summed E-state index contributed by atoms with van der Waals surface area (Å²) in [5, 5.41) is 8.97. The molecule has 2 N–H and O–H groups in total. The lowest BCUT2D eigenvalue weighted by molar-refractivity contribution is -0.162. The molecule has 0 aliphatic carbocycles. The Kier molecular flexibility index (Phi) is 4.75. The molecule has 6 nitrogen and oxygen atoms in total. The van der Waals surface area contributed by atoms with Crippen LogP contribution in [0.15, 0.2) is 12.2 Å². The van der Waals surface area contributed by atoms with Crippen LogP contribution in [0.5, 0.6) is 0 Å². The standard InChI is InChI=1S/C7H12O6S/c1-5(2)7(9)13-6(8)3-4-14(10,11)12/h6,8H,1,3-4H2,2H3,(H,10,11,12). The second-order valence-corrected chi connectivity index (χ2v) is 4.29. The van der Waals surface area contributed by atoms with Crippen molar-refractivity contribution in [2.45, 2.75) is 19.6 Å². The molecule has 0 aliphatic rings. The van der Waals surface area contributed by atoms with Gasteiger partial charge in [0.1, 0.15) is 0 Å². The molecule has 0 aromatic carbocycles. The quantitative estimate of drug-likeness (QED) is 0.288. The average Bonchev–Trinajstić information content (AvgIpc) is 1.99. The first-order valence-corrected chi connectivity index (χ1v) is 5.33. The number of carbonyl (C=O) groups is 1. The van der Waals surface area contributed by atoms with E-state index in [1.807, 2.05) is 0 Å². The Labute approximate surface area is 81.9 Å². The highest BCUT2D eigenvalue weighted by Gasteiger charge is 2.14. The topological polar surface area (TPSA) is 101 Å². The minimum absolute atomic E-state index is 0.0934. The maximum Gasteiger partial charge on any atom is 0.335 e. The van der Waals surface area contributed by atoms with E-state index in [4.69, 9.17) is 9.66 Å². The van der Waals surface area contributed by atoms with Crippen molar-refractivity contribution in [1.29, 1.82) is 0 Å². The zero-order valence-corrected chi connectivity index (χ0v) is 8.45. The Morgan fingerprint density at radius 3 is 2.43 bits per heavy atom. The largest absolute Gasteiger partial charge is 0.433 e. The van der Waals surface area contributed by atoms with Gasteiger partial charge in [-0.1, -0.05) is 6.58 Å². The van der Waals surface area contributed by atoms with Gasteiger partial charge in [-0.15, -0.1) is 0 Å². The van der Waals surface area contributed by atoms with E-state index in [1.54, 1.807) is 0 Å². The Bertz CT molecular complexity index is 317. The summed E-state index contributed by atoms with van der Waals surface area (Å²) in [6.07, 6.45) is -1.93. The van der Waals surface area contributed by atoms with E-state index >= 15 is 0 Å². The molecule has 0 aromatic heterocycles. The second kappa shape index (κ2) is 5.08. The highest BCUT2D eigenvalue weighted by molar-refractivity contribution is 7.85. The summed E-state index contributed by atoms with van der Waals surface area (Å²) >= 11 is 0. The van der Waals surface area contributed by atoms with Crippen molar-refractivity contribution >= 4 is 16.1 Å². The van der Waals surface area contributed by atoms with Crippen LogP contribution in [0.25, 0.3) is 0 Å². The molecule has 82 valence electrons. The lowest BCUT2D eigenvalue weighted by Crippen LogP contribution is -2.21. The number of esters is 1. The van der Waals surface area contributed by atoms with Gasteiger partial charge in [-0.2, -0.15) is 8.42 Å². The highest BCUT2D eigenvalue weighted by atomic mass is 32.2. The van der Waals surface area contributed by atoms with E-state index in [-0.39, 0.29) is 12.0 Å². The maximum atomic E-state index is 10.8. The SMILES string of the molecule is C=C(C)C(=O)OC(O)CCS(=O)(=O)O. The van der Waals surface area contributed by atoms with Gasteiger partial charge in [-0.25, -0.2) is 4.79 Å². The van der Waals surface area contributed by atoms with E-state index in [2.05, 4.69) is 11.3 Å². The minimum Gasteiger partial charge on any atom is -0.433 e. The van der Waals surface area contributed by atoms with Crippen molar-refractivity contribution in [2.24, 2.45) is 0 Å². The smallest absolute Gasteiger partial charge is 0.335 e. The lowest BCUT2D eigenvalue weighted by atomic mass is 10.3. The number of carbonyl (C=O) groups excluding carboxylic acids is 1. The summed E-state index contributed by atoms with van der Waals surface area (Å²) in [5.41, 5.74) is 0.0934. The van der Waals surface area contributed by atoms with Crippen molar-refractivity contribution in [1.82, 2.24) is 0 Å². The van der Waals surface area contributed by atoms with Crippen LogP contribution >= 0.6 is 0 Å². The monoisotopic (exact) mass is 224 g/mol. The summed E-state index contributed by atoms with van der Waals surface area (Å²) in [6.45, 7) is 4.65. The molecule has 14 heavy (non-hydrogen) atoms. The average molecular weight is 224 g/mol. The van der Waals surface area contributed by atoms with Crippen molar-refractivity contribution in [3.05, 3.63) is 12.2 Å². The zero-order chi connectivity index (χ0) is 11.4. The van der Waals surface area contributed by atoms with Gasteiger partial charge in [0.15, 0.2) is 0 Å². The lowest BCUT2D eigenvalue weighted by Gasteiger charge is -2.10. The molecular weight excluding hydrogens is 212 g/mol. The minimum atomic E-state index is -4.15. The third kappa shape index (κ3) is 6.58. The van der Waals surface area contributed by atoms with Crippen molar-refractivity contribution in [2.75, 3.05) is 5.75 Å². The van der Waals surface area contributed by atoms with Gasteiger partial charge in [-0.05, 0) is 6.92 Å². The molecule has 1 atom stereocenters. The molecule has 0 rings (SSSR count). The second-order valence-electron chi connectivity index (χ2n) is 2.72. The fraction of sp³-hybridized carbons (Fsp3) is 0.571. The molecule has 0 spiro atoms. The van der Waals surface area contributed by atoms with Gasteiger partial charge in [0.25, 0.3) is 10.1 Å². The fourth-order valence-electron chi connectivity index (χ4n) is 0.533. The van der Waals surface area contributed by atoms with Gasteiger partial charge in [0.05, 0.1) is 5.75 Å². The van der Waals surface area contributed by atoms with Gasteiger partial charge >= 0.3 is 5.97 Å². The first-order valence-electron chi connectivity index (χ1n) is 3.72. The predicted octanol–water partition coefficient (Wildman–Crippen LogP) is -0.298. The summed E-state index contributed by atoms with van der Waals surface area (Å²) in [4.78, 5) is 10.8. The van der Waals surface area contributed by atoms with Crippen molar-refractivity contribution < 1.29 is 27.6 Å². The fourth-order valence-corrected chi connectivity index (χ4v) is 1.03. The molecule has 0 amide bonds. The third-order valence-corrected chi connectivity index (χ3v) is 1.97. The number of hydrogen-bond acceptors (Lipinski definition) is 5. The van der Waals surface area contributed by atoms with E-state index in [0.29, 0.717) is 0 Å². The van der Waals surface area contributed by atoms with Gasteiger partial charge in [0.2, 0.25) is 6.29 Å². The van der Waals surface area contributed by atoms with Crippen LogP contribution in [0.1, 0.15) is 13.3 Å². The molecule has 0 heterocycles. The Balaban J connectivity index is 3.94. The number of ether oxygens (including phenoxy) is 1. The number of aliphatic hydroxyl groups excluding tert-OH is 1. The molecule has 1 unspecified atom stereocenters. The molecule has 0 aromatic rings. The Morgan fingerprint density at radius 1 is 1.57 bits per heavy atom. The van der Waals surface area contributed by atoms with E-state index in [0.717, 1.165) is 0 Å². The normalized spacial score (nSPS) is 13.4. The first-order chi connectivity index (χ1) is 6.22.